The summed E-state index contributed by atoms with van der Waals surface area (Å²) in [7, 11) is 1.09. The van der Waals surface area contributed by atoms with Gasteiger partial charge in [-0.1, -0.05) is 0 Å². The number of esters is 1. The van der Waals surface area contributed by atoms with E-state index in [2.05, 4.69) is 4.74 Å². The van der Waals surface area contributed by atoms with Crippen molar-refractivity contribution in [2.24, 2.45) is 0 Å². The van der Waals surface area contributed by atoms with E-state index in [0.717, 1.165) is 19.2 Å². The minimum Gasteiger partial charge on any atom is -0.478 e. The molecule has 6 heteroatoms. The molecule has 0 fully saturated rings. The first kappa shape index (κ1) is 13.1. The van der Waals surface area contributed by atoms with Crippen molar-refractivity contribution in [3.63, 3.8) is 0 Å². The van der Waals surface area contributed by atoms with Crippen LogP contribution in [0.4, 0.5) is 8.78 Å². The maximum atomic E-state index is 12.7. The van der Waals surface area contributed by atoms with E-state index in [0.29, 0.717) is 0 Å². The van der Waals surface area contributed by atoms with Crippen LogP contribution in [0.1, 0.15) is 38.3 Å². The van der Waals surface area contributed by atoms with Crippen molar-refractivity contribution in [3.8, 4) is 0 Å². The van der Waals surface area contributed by atoms with E-state index in [4.69, 9.17) is 5.11 Å². The minimum atomic E-state index is -2.85. The van der Waals surface area contributed by atoms with E-state index in [1.54, 1.807) is 0 Å². The van der Waals surface area contributed by atoms with Crippen LogP contribution < -0.4 is 0 Å². The lowest BCUT2D eigenvalue weighted by atomic mass is 9.99. The molecule has 0 aliphatic carbocycles. The third-order valence-electron chi connectivity index (χ3n) is 2.34. The van der Waals surface area contributed by atoms with Gasteiger partial charge in [0.25, 0.3) is 6.43 Å². The van der Waals surface area contributed by atoms with Crippen molar-refractivity contribution < 1.29 is 28.2 Å². The van der Waals surface area contributed by atoms with Gasteiger partial charge >= 0.3 is 11.9 Å². The summed E-state index contributed by atoms with van der Waals surface area (Å²) in [6.07, 6.45) is -2.85. The van der Waals surface area contributed by atoms with Gasteiger partial charge in [0.2, 0.25) is 0 Å². The molecule has 0 aliphatic rings. The van der Waals surface area contributed by atoms with Gasteiger partial charge in [0.15, 0.2) is 0 Å². The van der Waals surface area contributed by atoms with Gasteiger partial charge in [-0.05, 0) is 24.6 Å². The van der Waals surface area contributed by atoms with Crippen molar-refractivity contribution in [2.75, 3.05) is 7.11 Å². The van der Waals surface area contributed by atoms with Crippen LogP contribution >= 0.6 is 0 Å². The van der Waals surface area contributed by atoms with Gasteiger partial charge in [-0.2, -0.15) is 0 Å². The fourth-order valence-electron chi connectivity index (χ4n) is 1.41. The SMILES string of the molecule is COC(=O)c1cc(C(=O)O)cc(C(F)F)c1C. The lowest BCUT2D eigenvalue weighted by molar-refractivity contribution is 0.0599. The maximum Gasteiger partial charge on any atom is 0.338 e. The topological polar surface area (TPSA) is 63.6 Å². The number of halogens is 2. The summed E-state index contributed by atoms with van der Waals surface area (Å²) in [5.41, 5.74) is -0.990. The molecule has 4 nitrogen and oxygen atoms in total. The van der Waals surface area contributed by atoms with E-state index in [-0.39, 0.29) is 16.7 Å². The first-order valence-electron chi connectivity index (χ1n) is 4.62. The molecule has 92 valence electrons. The zero-order valence-electron chi connectivity index (χ0n) is 9.16. The van der Waals surface area contributed by atoms with Gasteiger partial charge in [0.1, 0.15) is 0 Å². The number of methoxy groups -OCH3 is 1. The molecule has 0 aromatic heterocycles. The van der Waals surface area contributed by atoms with Gasteiger partial charge < -0.3 is 9.84 Å². The van der Waals surface area contributed by atoms with Crippen LogP contribution in [0, 0.1) is 6.92 Å². The summed E-state index contributed by atoms with van der Waals surface area (Å²) in [6.45, 7) is 1.32. The van der Waals surface area contributed by atoms with Crippen LogP contribution in [-0.4, -0.2) is 24.2 Å². The van der Waals surface area contributed by atoms with Crippen molar-refractivity contribution in [1.29, 1.82) is 0 Å². The third-order valence-corrected chi connectivity index (χ3v) is 2.34. The Labute approximate surface area is 95.8 Å². The Kier molecular flexibility index (Phi) is 3.77. The van der Waals surface area contributed by atoms with Crippen LogP contribution in [0.25, 0.3) is 0 Å². The number of carbonyl (C=O) groups is 2. The third kappa shape index (κ3) is 2.58. The smallest absolute Gasteiger partial charge is 0.338 e. The monoisotopic (exact) mass is 244 g/mol. The molecule has 1 N–H and O–H groups in total. The summed E-state index contributed by atoms with van der Waals surface area (Å²) in [5, 5.41) is 8.76. The molecule has 0 spiro atoms. The molecule has 0 bridgehead atoms. The summed E-state index contributed by atoms with van der Waals surface area (Å²) >= 11 is 0. The normalized spacial score (nSPS) is 10.4. The van der Waals surface area contributed by atoms with Crippen LogP contribution in [0.3, 0.4) is 0 Å². The number of carbonyl (C=O) groups excluding carboxylic acids is 1. The number of alkyl halides is 2. The Balaban J connectivity index is 3.48. The Bertz CT molecular complexity index is 469. The second kappa shape index (κ2) is 4.90. The molecule has 0 saturated heterocycles. The van der Waals surface area contributed by atoms with Crippen LogP contribution in [0.15, 0.2) is 12.1 Å². The molecule has 1 aromatic carbocycles. The number of aromatic carboxylic acids is 1. The minimum absolute atomic E-state index is 0.0249. The predicted molar refractivity (Wildman–Crippen MR) is 54.4 cm³/mol. The standard InChI is InChI=1S/C11H10F2O4/c1-5-7(9(12)13)3-6(10(14)15)4-8(5)11(16)17-2/h3-4,9H,1-2H3,(H,14,15). The van der Waals surface area contributed by atoms with Crippen molar-refractivity contribution in [3.05, 3.63) is 34.4 Å². The van der Waals surface area contributed by atoms with Gasteiger partial charge in [-0.15, -0.1) is 0 Å². The number of hydrogen-bond acceptors (Lipinski definition) is 3. The van der Waals surface area contributed by atoms with Crippen LogP contribution in [0.5, 0.6) is 0 Å². The highest BCUT2D eigenvalue weighted by Crippen LogP contribution is 2.27. The molecule has 0 unspecified atom stereocenters. The van der Waals surface area contributed by atoms with Gasteiger partial charge in [-0.3, -0.25) is 0 Å². The first-order valence-corrected chi connectivity index (χ1v) is 4.62. The first-order chi connectivity index (χ1) is 7.88. The van der Waals surface area contributed by atoms with E-state index < -0.39 is 23.9 Å². The number of rotatable bonds is 3. The molecule has 0 aliphatic heterocycles. The molecule has 0 atom stereocenters. The number of ether oxygens (including phenoxy) is 1. The average molecular weight is 244 g/mol. The molecule has 0 saturated carbocycles. The highest BCUT2D eigenvalue weighted by atomic mass is 19.3. The fourth-order valence-corrected chi connectivity index (χ4v) is 1.41. The molecule has 1 aromatic rings. The van der Waals surface area contributed by atoms with Crippen molar-refractivity contribution in [2.45, 2.75) is 13.3 Å². The summed E-state index contributed by atoms with van der Waals surface area (Å²) in [4.78, 5) is 22.1. The predicted octanol–water partition coefficient (Wildman–Crippen LogP) is 2.42. The quantitative estimate of drug-likeness (QED) is 0.829. The summed E-state index contributed by atoms with van der Waals surface area (Å²) in [5.74, 6) is -2.22. The second-order valence-electron chi connectivity index (χ2n) is 3.34. The molecule has 1 rings (SSSR count). The Hall–Kier alpha value is -1.98. The second-order valence-corrected chi connectivity index (χ2v) is 3.34. The molecular formula is C11H10F2O4. The van der Waals surface area contributed by atoms with Crippen LogP contribution in [-0.2, 0) is 4.74 Å². The highest BCUT2D eigenvalue weighted by Gasteiger charge is 2.21. The van der Waals surface area contributed by atoms with Gasteiger partial charge in [0, 0.05) is 5.56 Å². The average Bonchev–Trinajstić information content (AvgIpc) is 2.27. The summed E-state index contributed by atoms with van der Waals surface area (Å²) in [6, 6.07) is 1.88. The lowest BCUT2D eigenvalue weighted by Gasteiger charge is -2.10. The molecule has 17 heavy (non-hydrogen) atoms. The molecular weight excluding hydrogens is 234 g/mol. The highest BCUT2D eigenvalue weighted by molar-refractivity contribution is 5.96. The van der Waals surface area contributed by atoms with Crippen LogP contribution in [0.2, 0.25) is 0 Å². The lowest BCUT2D eigenvalue weighted by Crippen LogP contribution is -2.09. The molecule has 0 heterocycles. The zero-order valence-corrected chi connectivity index (χ0v) is 9.16. The molecule has 0 amide bonds. The summed E-state index contributed by atoms with van der Waals surface area (Å²) < 4.78 is 29.8. The number of carboxylic acid groups (broad SMARTS) is 1. The van der Waals surface area contributed by atoms with E-state index in [9.17, 15) is 18.4 Å². The maximum absolute atomic E-state index is 12.7. The van der Waals surface area contributed by atoms with E-state index in [1.165, 1.54) is 6.92 Å². The zero-order chi connectivity index (χ0) is 13.2. The van der Waals surface area contributed by atoms with Crippen molar-refractivity contribution >= 4 is 11.9 Å². The number of benzene rings is 1. The number of carboxylic acids is 1. The largest absolute Gasteiger partial charge is 0.478 e. The Morgan fingerprint density at radius 2 is 1.94 bits per heavy atom. The van der Waals surface area contributed by atoms with Gasteiger partial charge in [-0.25, -0.2) is 18.4 Å². The number of hydrogen-bond donors (Lipinski definition) is 1. The van der Waals surface area contributed by atoms with Crippen molar-refractivity contribution in [1.82, 2.24) is 0 Å². The van der Waals surface area contributed by atoms with E-state index >= 15 is 0 Å². The fraction of sp³-hybridized carbons (Fsp3) is 0.273. The molecule has 0 radical (unpaired) electrons. The van der Waals surface area contributed by atoms with E-state index in [1.807, 2.05) is 0 Å². The van der Waals surface area contributed by atoms with Gasteiger partial charge in [0.05, 0.1) is 18.2 Å². The Morgan fingerprint density at radius 3 is 2.35 bits per heavy atom. The Morgan fingerprint density at radius 1 is 1.35 bits per heavy atom.